The maximum Gasteiger partial charge on any atom is 0.417 e. The zero-order valence-corrected chi connectivity index (χ0v) is 12.9. The smallest absolute Gasteiger partial charge is 0.417 e. The van der Waals surface area contributed by atoms with Crippen LogP contribution in [-0.4, -0.2) is 15.1 Å². The third-order valence-corrected chi connectivity index (χ3v) is 3.35. The van der Waals surface area contributed by atoms with E-state index in [9.17, 15) is 23.3 Å². The predicted molar refractivity (Wildman–Crippen MR) is 82.2 cm³/mol. The highest BCUT2D eigenvalue weighted by atomic mass is 19.4. The molecule has 0 amide bonds. The van der Waals surface area contributed by atoms with Crippen molar-refractivity contribution in [1.29, 1.82) is 0 Å². The number of nitrogens with zero attached hydrogens (tertiary/aromatic N) is 3. The van der Waals surface area contributed by atoms with E-state index in [-0.39, 0.29) is 29.6 Å². The van der Waals surface area contributed by atoms with Crippen molar-refractivity contribution in [1.82, 2.24) is 10.1 Å². The second-order valence-corrected chi connectivity index (χ2v) is 5.10. The molecule has 3 aromatic rings. The lowest BCUT2D eigenvalue weighted by Crippen LogP contribution is -2.07. The summed E-state index contributed by atoms with van der Waals surface area (Å²) in [4.78, 5) is 13.9. The molecule has 0 fully saturated rings. The summed E-state index contributed by atoms with van der Waals surface area (Å²) in [6.45, 7) is -0.171. The molecule has 26 heavy (non-hydrogen) atoms. The van der Waals surface area contributed by atoms with Gasteiger partial charge in [0.25, 0.3) is 11.6 Å². The number of nitro benzene ring substituents is 1. The third kappa shape index (κ3) is 3.79. The van der Waals surface area contributed by atoms with Crippen molar-refractivity contribution in [3.05, 3.63) is 70.0 Å². The molecule has 0 aliphatic rings. The standard InChI is InChI=1S/C16H10F3N3O4/c17-16(18,19)13-4-2-1-3-12(13)15-20-14(21-26-15)9-25-11-7-5-10(6-8-11)22(23)24/h1-8H,9H2. The Morgan fingerprint density at radius 3 is 2.46 bits per heavy atom. The van der Waals surface area contributed by atoms with E-state index in [1.807, 2.05) is 0 Å². The number of aromatic nitrogens is 2. The Labute approximate surface area is 144 Å². The highest BCUT2D eigenvalue weighted by molar-refractivity contribution is 5.59. The van der Waals surface area contributed by atoms with Crippen LogP contribution in [0.15, 0.2) is 53.1 Å². The molecule has 0 bridgehead atoms. The normalized spacial score (nSPS) is 11.3. The van der Waals surface area contributed by atoms with Crippen molar-refractivity contribution < 1.29 is 27.4 Å². The quantitative estimate of drug-likeness (QED) is 0.496. The zero-order valence-electron chi connectivity index (χ0n) is 12.9. The minimum Gasteiger partial charge on any atom is -0.485 e. The van der Waals surface area contributed by atoms with Crippen LogP contribution < -0.4 is 4.74 Å². The molecule has 2 aromatic carbocycles. The first kappa shape index (κ1) is 17.4. The summed E-state index contributed by atoms with van der Waals surface area (Å²) in [5.74, 6) is 0.0770. The van der Waals surface area contributed by atoms with E-state index in [1.54, 1.807) is 0 Å². The Balaban J connectivity index is 1.74. The van der Waals surface area contributed by atoms with E-state index in [0.717, 1.165) is 6.07 Å². The average Bonchev–Trinajstić information content (AvgIpc) is 3.08. The number of halogens is 3. The lowest BCUT2D eigenvalue weighted by Gasteiger charge is -2.09. The molecule has 0 spiro atoms. The zero-order chi connectivity index (χ0) is 18.7. The van der Waals surface area contributed by atoms with Crippen LogP contribution in [0, 0.1) is 10.1 Å². The fraction of sp³-hybridized carbons (Fsp3) is 0.125. The van der Waals surface area contributed by atoms with Gasteiger partial charge in [-0.25, -0.2) is 0 Å². The highest BCUT2D eigenvalue weighted by Gasteiger charge is 2.34. The topological polar surface area (TPSA) is 91.3 Å². The number of hydrogen-bond acceptors (Lipinski definition) is 6. The number of alkyl halides is 3. The van der Waals surface area contributed by atoms with Crippen LogP contribution in [0.5, 0.6) is 5.75 Å². The molecule has 0 aliphatic carbocycles. The number of non-ortho nitro benzene ring substituents is 1. The van der Waals surface area contributed by atoms with Crippen LogP contribution in [-0.2, 0) is 12.8 Å². The molecule has 3 rings (SSSR count). The molecular formula is C16H10F3N3O4. The molecule has 10 heteroatoms. The van der Waals surface area contributed by atoms with Crippen LogP contribution in [0.1, 0.15) is 11.4 Å². The Hall–Kier alpha value is -3.43. The molecule has 0 saturated heterocycles. The van der Waals surface area contributed by atoms with E-state index in [2.05, 4.69) is 10.1 Å². The van der Waals surface area contributed by atoms with Gasteiger partial charge in [-0.05, 0) is 24.3 Å². The van der Waals surface area contributed by atoms with Gasteiger partial charge in [-0.1, -0.05) is 17.3 Å². The van der Waals surface area contributed by atoms with E-state index in [4.69, 9.17) is 9.26 Å². The van der Waals surface area contributed by atoms with Gasteiger partial charge in [-0.15, -0.1) is 0 Å². The molecular weight excluding hydrogens is 355 g/mol. The molecule has 0 unspecified atom stereocenters. The van der Waals surface area contributed by atoms with Crippen molar-refractivity contribution in [3.63, 3.8) is 0 Å². The van der Waals surface area contributed by atoms with Crippen LogP contribution in [0.2, 0.25) is 0 Å². The maximum absolute atomic E-state index is 13.0. The lowest BCUT2D eigenvalue weighted by atomic mass is 10.1. The molecule has 0 aliphatic heterocycles. The predicted octanol–water partition coefficient (Wildman–Crippen LogP) is 4.24. The first-order valence-corrected chi connectivity index (χ1v) is 7.21. The molecule has 7 nitrogen and oxygen atoms in total. The summed E-state index contributed by atoms with van der Waals surface area (Å²) in [7, 11) is 0. The molecule has 0 saturated carbocycles. The number of nitro groups is 1. The van der Waals surface area contributed by atoms with Crippen LogP contribution >= 0.6 is 0 Å². The molecule has 0 N–H and O–H groups in total. The third-order valence-electron chi connectivity index (χ3n) is 3.35. The van der Waals surface area contributed by atoms with E-state index in [1.165, 1.54) is 42.5 Å². The van der Waals surface area contributed by atoms with Gasteiger partial charge in [0.15, 0.2) is 6.61 Å². The summed E-state index contributed by atoms with van der Waals surface area (Å²) in [5.41, 5.74) is -1.21. The molecule has 134 valence electrons. The van der Waals surface area contributed by atoms with E-state index < -0.39 is 16.7 Å². The Morgan fingerprint density at radius 2 is 1.81 bits per heavy atom. The highest BCUT2D eigenvalue weighted by Crippen LogP contribution is 2.36. The second kappa shape index (κ2) is 6.82. The van der Waals surface area contributed by atoms with Crippen LogP contribution in [0.4, 0.5) is 18.9 Å². The fourth-order valence-electron chi connectivity index (χ4n) is 2.15. The van der Waals surface area contributed by atoms with Crippen molar-refractivity contribution >= 4 is 5.69 Å². The van der Waals surface area contributed by atoms with Crippen LogP contribution in [0.3, 0.4) is 0 Å². The van der Waals surface area contributed by atoms with Crippen molar-refractivity contribution in [2.45, 2.75) is 12.8 Å². The van der Waals surface area contributed by atoms with Gasteiger partial charge in [0.1, 0.15) is 5.75 Å². The second-order valence-electron chi connectivity index (χ2n) is 5.10. The van der Waals surface area contributed by atoms with Gasteiger partial charge < -0.3 is 9.26 Å². The molecule has 1 heterocycles. The molecule has 0 atom stereocenters. The van der Waals surface area contributed by atoms with Gasteiger partial charge in [0.2, 0.25) is 5.82 Å². The molecule has 0 radical (unpaired) electrons. The van der Waals surface area contributed by atoms with E-state index in [0.29, 0.717) is 5.75 Å². The lowest BCUT2D eigenvalue weighted by molar-refractivity contribution is -0.384. The summed E-state index contributed by atoms with van der Waals surface area (Å²) in [6.07, 6.45) is -4.56. The monoisotopic (exact) mass is 365 g/mol. The van der Waals surface area contributed by atoms with Crippen molar-refractivity contribution in [3.8, 4) is 17.2 Å². The first-order chi connectivity index (χ1) is 12.3. The van der Waals surface area contributed by atoms with Gasteiger partial charge >= 0.3 is 6.18 Å². The van der Waals surface area contributed by atoms with Gasteiger partial charge in [-0.2, -0.15) is 18.2 Å². The summed E-state index contributed by atoms with van der Waals surface area (Å²) in [5, 5.41) is 14.2. The fourth-order valence-corrected chi connectivity index (χ4v) is 2.15. The van der Waals surface area contributed by atoms with Gasteiger partial charge in [0.05, 0.1) is 16.1 Å². The van der Waals surface area contributed by atoms with Gasteiger partial charge in [0, 0.05) is 12.1 Å². The largest absolute Gasteiger partial charge is 0.485 e. The number of ether oxygens (including phenoxy) is 1. The summed E-state index contributed by atoms with van der Waals surface area (Å²) >= 11 is 0. The number of benzene rings is 2. The average molecular weight is 365 g/mol. The SMILES string of the molecule is O=[N+]([O-])c1ccc(OCc2noc(-c3ccccc3C(F)(F)F)n2)cc1. The minimum absolute atomic E-state index is 0.0373. The van der Waals surface area contributed by atoms with Crippen molar-refractivity contribution in [2.75, 3.05) is 0 Å². The Bertz CT molecular complexity index is 923. The first-order valence-electron chi connectivity index (χ1n) is 7.21. The Morgan fingerprint density at radius 1 is 1.12 bits per heavy atom. The molecule has 1 aromatic heterocycles. The van der Waals surface area contributed by atoms with Crippen molar-refractivity contribution in [2.24, 2.45) is 0 Å². The van der Waals surface area contributed by atoms with Gasteiger partial charge in [-0.3, -0.25) is 10.1 Å². The number of rotatable bonds is 5. The summed E-state index contributed by atoms with van der Waals surface area (Å²) < 4.78 is 49.4. The minimum atomic E-state index is -4.56. The number of hydrogen-bond donors (Lipinski definition) is 0. The van der Waals surface area contributed by atoms with E-state index >= 15 is 0 Å². The summed E-state index contributed by atoms with van der Waals surface area (Å²) in [6, 6.07) is 10.1. The maximum atomic E-state index is 13.0. The Kier molecular flexibility index (Phi) is 4.57. The van der Waals surface area contributed by atoms with Crippen LogP contribution in [0.25, 0.3) is 11.5 Å².